The van der Waals surface area contributed by atoms with E-state index in [2.05, 4.69) is 24.0 Å². The molecule has 28 heavy (non-hydrogen) atoms. The molecular weight excluding hydrogens is 377 g/mol. The van der Waals surface area contributed by atoms with Gasteiger partial charge in [0.2, 0.25) is 0 Å². The molecular formula is C21H28FN3O2S. The van der Waals surface area contributed by atoms with Gasteiger partial charge in [0.25, 0.3) is 10.0 Å². The second-order valence-corrected chi connectivity index (χ2v) is 9.82. The van der Waals surface area contributed by atoms with Gasteiger partial charge in [-0.3, -0.25) is 0 Å². The molecule has 1 fully saturated rings. The van der Waals surface area contributed by atoms with Gasteiger partial charge in [-0.15, -0.1) is 4.83 Å². The molecule has 0 amide bonds. The van der Waals surface area contributed by atoms with Crippen LogP contribution in [0.3, 0.4) is 0 Å². The number of piperidine rings is 1. The molecule has 0 atom stereocenters. The number of hydrogen-bond donors (Lipinski definition) is 2. The smallest absolute Gasteiger partial charge is 0.253 e. The van der Waals surface area contributed by atoms with E-state index in [4.69, 9.17) is 0 Å². The Labute approximate surface area is 167 Å². The number of nitrogens with zero attached hydrogens (tertiary/aromatic N) is 1. The molecule has 2 N–H and O–H groups in total. The van der Waals surface area contributed by atoms with E-state index in [1.54, 1.807) is 35.3 Å². The lowest BCUT2D eigenvalue weighted by Gasteiger charge is -2.37. The van der Waals surface area contributed by atoms with E-state index < -0.39 is 10.0 Å². The fourth-order valence-electron chi connectivity index (χ4n) is 3.50. The SMILES string of the molecule is CC1(C)CCCN(NS(=O)(=O)c2cccc(CNCc3ccc(F)cc3)c2)C1. The summed E-state index contributed by atoms with van der Waals surface area (Å²) >= 11 is 0. The number of hydrazine groups is 1. The van der Waals surface area contributed by atoms with Gasteiger partial charge in [0.15, 0.2) is 0 Å². The van der Waals surface area contributed by atoms with Crippen LogP contribution in [0.25, 0.3) is 0 Å². The highest BCUT2D eigenvalue weighted by molar-refractivity contribution is 7.89. The van der Waals surface area contributed by atoms with Crippen LogP contribution in [0.2, 0.25) is 0 Å². The molecule has 0 aromatic heterocycles. The van der Waals surface area contributed by atoms with Crippen molar-refractivity contribution in [2.24, 2.45) is 5.41 Å². The van der Waals surface area contributed by atoms with Crippen LogP contribution in [0.15, 0.2) is 53.4 Å². The van der Waals surface area contributed by atoms with Crippen molar-refractivity contribution in [3.05, 3.63) is 65.5 Å². The summed E-state index contributed by atoms with van der Waals surface area (Å²) in [4.78, 5) is 2.99. The second kappa shape index (κ2) is 8.69. The number of halogens is 1. The Kier molecular flexibility index (Phi) is 6.50. The molecule has 1 aliphatic rings. The predicted octanol–water partition coefficient (Wildman–Crippen LogP) is 3.43. The fraction of sp³-hybridized carbons (Fsp3) is 0.429. The minimum Gasteiger partial charge on any atom is -0.309 e. The second-order valence-electron chi connectivity index (χ2n) is 8.16. The minimum absolute atomic E-state index is 0.104. The van der Waals surface area contributed by atoms with Crippen molar-refractivity contribution in [1.29, 1.82) is 0 Å². The van der Waals surface area contributed by atoms with Crippen molar-refractivity contribution in [3.8, 4) is 0 Å². The quantitative estimate of drug-likeness (QED) is 0.741. The highest BCUT2D eigenvalue weighted by Gasteiger charge is 2.29. The Morgan fingerprint density at radius 3 is 2.50 bits per heavy atom. The molecule has 7 heteroatoms. The van der Waals surface area contributed by atoms with Crippen LogP contribution in [-0.2, 0) is 23.1 Å². The fourth-order valence-corrected chi connectivity index (χ4v) is 4.67. The molecule has 3 rings (SSSR count). The van der Waals surface area contributed by atoms with Crippen molar-refractivity contribution in [3.63, 3.8) is 0 Å². The molecule has 0 radical (unpaired) electrons. The first-order valence-electron chi connectivity index (χ1n) is 9.55. The summed E-state index contributed by atoms with van der Waals surface area (Å²) in [7, 11) is -3.61. The summed E-state index contributed by atoms with van der Waals surface area (Å²) in [6.07, 6.45) is 2.07. The molecule has 2 aromatic carbocycles. The molecule has 0 spiro atoms. The number of sulfonamides is 1. The van der Waals surface area contributed by atoms with E-state index in [-0.39, 0.29) is 16.1 Å². The number of hydrogen-bond acceptors (Lipinski definition) is 4. The van der Waals surface area contributed by atoms with Gasteiger partial charge < -0.3 is 5.32 Å². The Morgan fingerprint density at radius 1 is 1.07 bits per heavy atom. The van der Waals surface area contributed by atoms with Crippen molar-refractivity contribution in [2.75, 3.05) is 13.1 Å². The van der Waals surface area contributed by atoms with Gasteiger partial charge in [-0.05, 0) is 53.6 Å². The molecule has 1 heterocycles. The number of benzene rings is 2. The third-order valence-corrected chi connectivity index (χ3v) is 6.30. The lowest BCUT2D eigenvalue weighted by molar-refractivity contribution is 0.0988. The normalized spacial score (nSPS) is 17.5. The summed E-state index contributed by atoms with van der Waals surface area (Å²) in [5, 5.41) is 5.06. The van der Waals surface area contributed by atoms with E-state index in [0.717, 1.165) is 30.5 Å². The summed E-state index contributed by atoms with van der Waals surface area (Å²) in [6.45, 7) is 6.84. The number of rotatable bonds is 7. The van der Waals surface area contributed by atoms with Gasteiger partial charge in [0.1, 0.15) is 5.82 Å². The zero-order valence-corrected chi connectivity index (χ0v) is 17.2. The van der Waals surface area contributed by atoms with Crippen molar-refractivity contribution in [2.45, 2.75) is 44.7 Å². The first-order chi connectivity index (χ1) is 13.2. The molecule has 1 aliphatic heterocycles. The van der Waals surface area contributed by atoms with Gasteiger partial charge in [-0.25, -0.2) is 17.8 Å². The lowest BCUT2D eigenvalue weighted by atomic mass is 9.85. The molecule has 0 saturated carbocycles. The summed E-state index contributed by atoms with van der Waals surface area (Å²) in [5.41, 5.74) is 1.95. The molecule has 0 aliphatic carbocycles. The predicted molar refractivity (Wildman–Crippen MR) is 108 cm³/mol. The third-order valence-electron chi connectivity index (χ3n) is 4.93. The molecule has 0 bridgehead atoms. The standard InChI is InChI=1S/C21H28FN3O2S/c1-21(2)11-4-12-25(16-21)24-28(26,27)20-6-3-5-18(13-20)15-23-14-17-7-9-19(22)10-8-17/h3,5-10,13,23-24H,4,11-12,14-16H2,1-2H3. The van der Waals surface area contributed by atoms with Gasteiger partial charge in [0, 0.05) is 26.2 Å². The van der Waals surface area contributed by atoms with Gasteiger partial charge >= 0.3 is 0 Å². The monoisotopic (exact) mass is 405 g/mol. The van der Waals surface area contributed by atoms with E-state index in [1.165, 1.54) is 12.1 Å². The van der Waals surface area contributed by atoms with E-state index in [1.807, 2.05) is 6.07 Å². The summed E-state index contributed by atoms with van der Waals surface area (Å²) in [6, 6.07) is 13.3. The van der Waals surface area contributed by atoms with Gasteiger partial charge in [-0.2, -0.15) is 0 Å². The Hall–Kier alpha value is -1.80. The molecule has 1 saturated heterocycles. The van der Waals surface area contributed by atoms with Crippen molar-refractivity contribution >= 4 is 10.0 Å². The minimum atomic E-state index is -3.61. The number of nitrogens with one attached hydrogen (secondary N) is 2. The van der Waals surface area contributed by atoms with Crippen LogP contribution in [0, 0.1) is 11.2 Å². The van der Waals surface area contributed by atoms with E-state index in [0.29, 0.717) is 19.6 Å². The summed E-state index contributed by atoms with van der Waals surface area (Å²) in [5.74, 6) is -0.258. The maximum Gasteiger partial charge on any atom is 0.253 e. The highest BCUT2D eigenvalue weighted by Crippen LogP contribution is 2.28. The van der Waals surface area contributed by atoms with Gasteiger partial charge in [0.05, 0.1) is 4.90 Å². The van der Waals surface area contributed by atoms with Gasteiger partial charge in [-0.1, -0.05) is 38.1 Å². The van der Waals surface area contributed by atoms with Crippen LogP contribution in [0.4, 0.5) is 4.39 Å². The average molecular weight is 406 g/mol. The van der Waals surface area contributed by atoms with Crippen LogP contribution in [0.5, 0.6) is 0 Å². The Bertz CT molecular complexity index is 898. The van der Waals surface area contributed by atoms with Crippen LogP contribution < -0.4 is 10.1 Å². The molecule has 0 unspecified atom stereocenters. The van der Waals surface area contributed by atoms with Crippen molar-refractivity contribution in [1.82, 2.24) is 15.2 Å². The largest absolute Gasteiger partial charge is 0.309 e. The Morgan fingerprint density at radius 2 is 1.79 bits per heavy atom. The van der Waals surface area contributed by atoms with E-state index >= 15 is 0 Å². The van der Waals surface area contributed by atoms with Crippen LogP contribution in [0.1, 0.15) is 37.8 Å². The molecule has 152 valence electrons. The topological polar surface area (TPSA) is 61.4 Å². The van der Waals surface area contributed by atoms with Crippen LogP contribution >= 0.6 is 0 Å². The molecule has 5 nitrogen and oxygen atoms in total. The Balaban J connectivity index is 1.60. The highest BCUT2D eigenvalue weighted by atomic mass is 32.2. The molecule has 2 aromatic rings. The van der Waals surface area contributed by atoms with Crippen molar-refractivity contribution < 1.29 is 12.8 Å². The maximum atomic E-state index is 13.0. The third kappa shape index (κ3) is 5.85. The van der Waals surface area contributed by atoms with E-state index in [9.17, 15) is 12.8 Å². The zero-order chi connectivity index (χ0) is 20.2. The lowest BCUT2D eigenvalue weighted by Crippen LogP contribution is -2.50. The summed E-state index contributed by atoms with van der Waals surface area (Å²) < 4.78 is 38.5. The maximum absolute atomic E-state index is 13.0. The first kappa shape index (κ1) is 20.9. The average Bonchev–Trinajstić information content (AvgIpc) is 2.62. The van der Waals surface area contributed by atoms with Crippen LogP contribution in [-0.4, -0.2) is 26.5 Å². The zero-order valence-electron chi connectivity index (χ0n) is 16.4. The first-order valence-corrected chi connectivity index (χ1v) is 11.0.